The van der Waals surface area contributed by atoms with E-state index in [0.717, 1.165) is 23.2 Å². The molecule has 82 valence electrons. The SMILES string of the molecule is NCCc1ccc(-c2ccc(F)cc2)cn1. The van der Waals surface area contributed by atoms with Crippen molar-refractivity contribution < 1.29 is 4.39 Å². The van der Waals surface area contributed by atoms with Gasteiger partial charge in [0.2, 0.25) is 0 Å². The van der Waals surface area contributed by atoms with E-state index in [1.807, 2.05) is 12.1 Å². The van der Waals surface area contributed by atoms with Gasteiger partial charge < -0.3 is 5.73 Å². The van der Waals surface area contributed by atoms with Gasteiger partial charge in [-0.25, -0.2) is 4.39 Å². The lowest BCUT2D eigenvalue weighted by Gasteiger charge is -2.02. The van der Waals surface area contributed by atoms with Crippen LogP contribution in [0.1, 0.15) is 5.69 Å². The molecule has 2 nitrogen and oxygen atoms in total. The number of pyridine rings is 1. The van der Waals surface area contributed by atoms with Crippen molar-refractivity contribution in [3.63, 3.8) is 0 Å². The molecule has 0 radical (unpaired) electrons. The van der Waals surface area contributed by atoms with E-state index in [4.69, 9.17) is 5.73 Å². The third kappa shape index (κ3) is 2.44. The molecule has 0 aliphatic carbocycles. The Morgan fingerprint density at radius 3 is 2.25 bits per heavy atom. The highest BCUT2D eigenvalue weighted by Crippen LogP contribution is 2.18. The van der Waals surface area contributed by atoms with Crippen LogP contribution in [0.25, 0.3) is 11.1 Å². The van der Waals surface area contributed by atoms with Crippen LogP contribution in [0, 0.1) is 5.82 Å². The predicted octanol–water partition coefficient (Wildman–Crippen LogP) is 2.39. The molecule has 0 spiro atoms. The maximum atomic E-state index is 12.7. The van der Waals surface area contributed by atoms with Gasteiger partial charge in [0.05, 0.1) is 0 Å². The summed E-state index contributed by atoms with van der Waals surface area (Å²) in [6, 6.07) is 10.3. The Kier molecular flexibility index (Phi) is 3.27. The zero-order valence-corrected chi connectivity index (χ0v) is 8.86. The van der Waals surface area contributed by atoms with Crippen LogP contribution >= 0.6 is 0 Å². The summed E-state index contributed by atoms with van der Waals surface area (Å²) >= 11 is 0. The standard InChI is InChI=1S/C13H13FN2/c14-12-4-1-10(2-5-12)11-3-6-13(7-8-15)16-9-11/h1-6,9H,7-8,15H2. The molecule has 0 atom stereocenters. The molecule has 2 aromatic rings. The Balaban J connectivity index is 2.24. The van der Waals surface area contributed by atoms with Crippen LogP contribution in [0.2, 0.25) is 0 Å². The van der Waals surface area contributed by atoms with Gasteiger partial charge in [-0.3, -0.25) is 4.98 Å². The molecule has 1 heterocycles. The zero-order valence-electron chi connectivity index (χ0n) is 8.86. The smallest absolute Gasteiger partial charge is 0.123 e. The minimum Gasteiger partial charge on any atom is -0.330 e. The van der Waals surface area contributed by atoms with Gasteiger partial charge in [0.15, 0.2) is 0 Å². The van der Waals surface area contributed by atoms with E-state index in [9.17, 15) is 4.39 Å². The van der Waals surface area contributed by atoms with Gasteiger partial charge in [0, 0.05) is 23.9 Å². The topological polar surface area (TPSA) is 38.9 Å². The fourth-order valence-electron chi connectivity index (χ4n) is 1.53. The Labute approximate surface area is 93.9 Å². The molecule has 0 unspecified atom stereocenters. The summed E-state index contributed by atoms with van der Waals surface area (Å²) in [4.78, 5) is 4.29. The van der Waals surface area contributed by atoms with E-state index in [-0.39, 0.29) is 5.82 Å². The number of benzene rings is 1. The molecule has 0 saturated heterocycles. The molecule has 0 fully saturated rings. The van der Waals surface area contributed by atoms with Crippen molar-refractivity contribution >= 4 is 0 Å². The van der Waals surface area contributed by atoms with Crippen molar-refractivity contribution in [2.75, 3.05) is 6.54 Å². The lowest BCUT2D eigenvalue weighted by molar-refractivity contribution is 0.628. The second-order valence-electron chi connectivity index (χ2n) is 3.58. The third-order valence-corrected chi connectivity index (χ3v) is 2.40. The van der Waals surface area contributed by atoms with Gasteiger partial charge in [0.25, 0.3) is 0 Å². The summed E-state index contributed by atoms with van der Waals surface area (Å²) in [5.74, 6) is -0.225. The van der Waals surface area contributed by atoms with Gasteiger partial charge in [-0.15, -0.1) is 0 Å². The van der Waals surface area contributed by atoms with Crippen molar-refractivity contribution in [2.45, 2.75) is 6.42 Å². The lowest BCUT2D eigenvalue weighted by Crippen LogP contribution is -2.03. The molecule has 0 bridgehead atoms. The van der Waals surface area contributed by atoms with Crippen molar-refractivity contribution in [1.82, 2.24) is 4.98 Å². The number of rotatable bonds is 3. The Morgan fingerprint density at radius 2 is 1.69 bits per heavy atom. The molecule has 3 heteroatoms. The van der Waals surface area contributed by atoms with Gasteiger partial charge >= 0.3 is 0 Å². The number of halogens is 1. The molecular weight excluding hydrogens is 203 g/mol. The Bertz CT molecular complexity index is 448. The lowest BCUT2D eigenvalue weighted by atomic mass is 10.1. The fraction of sp³-hybridized carbons (Fsp3) is 0.154. The predicted molar refractivity (Wildman–Crippen MR) is 62.4 cm³/mol. The van der Waals surface area contributed by atoms with E-state index < -0.39 is 0 Å². The summed E-state index contributed by atoms with van der Waals surface area (Å²) in [7, 11) is 0. The summed E-state index contributed by atoms with van der Waals surface area (Å²) < 4.78 is 12.7. The molecule has 0 saturated carbocycles. The van der Waals surface area contributed by atoms with E-state index in [1.165, 1.54) is 12.1 Å². The second kappa shape index (κ2) is 4.86. The first kappa shape index (κ1) is 10.8. The molecule has 1 aromatic carbocycles. The first-order valence-electron chi connectivity index (χ1n) is 5.20. The van der Waals surface area contributed by atoms with Crippen LogP contribution in [0.3, 0.4) is 0 Å². The summed E-state index contributed by atoms with van der Waals surface area (Å²) in [6.45, 7) is 0.600. The minimum absolute atomic E-state index is 0.225. The Hall–Kier alpha value is -1.74. The monoisotopic (exact) mass is 216 g/mol. The fourth-order valence-corrected chi connectivity index (χ4v) is 1.53. The Morgan fingerprint density at radius 1 is 1.00 bits per heavy atom. The van der Waals surface area contributed by atoms with Crippen LogP contribution in [0.15, 0.2) is 42.6 Å². The molecule has 2 N–H and O–H groups in total. The molecule has 2 rings (SSSR count). The van der Waals surface area contributed by atoms with Crippen LogP contribution in [-0.4, -0.2) is 11.5 Å². The second-order valence-corrected chi connectivity index (χ2v) is 3.58. The van der Waals surface area contributed by atoms with Gasteiger partial charge in [-0.05, 0) is 30.3 Å². The zero-order chi connectivity index (χ0) is 11.4. The number of aromatic nitrogens is 1. The molecule has 0 aliphatic heterocycles. The summed E-state index contributed by atoms with van der Waals surface area (Å²) in [5, 5.41) is 0. The summed E-state index contributed by atoms with van der Waals surface area (Å²) in [5.41, 5.74) is 8.38. The molecular formula is C13H13FN2. The molecule has 16 heavy (non-hydrogen) atoms. The minimum atomic E-state index is -0.225. The number of nitrogens with two attached hydrogens (primary N) is 1. The van der Waals surface area contributed by atoms with Gasteiger partial charge in [0.1, 0.15) is 5.82 Å². The van der Waals surface area contributed by atoms with Gasteiger partial charge in [-0.2, -0.15) is 0 Å². The average Bonchev–Trinajstić information content (AvgIpc) is 2.32. The molecule has 0 amide bonds. The van der Waals surface area contributed by atoms with Crippen LogP contribution < -0.4 is 5.73 Å². The highest BCUT2D eigenvalue weighted by Gasteiger charge is 1.99. The number of nitrogens with zero attached hydrogens (tertiary/aromatic N) is 1. The van der Waals surface area contributed by atoms with Crippen molar-refractivity contribution in [2.24, 2.45) is 5.73 Å². The summed E-state index contributed by atoms with van der Waals surface area (Å²) in [6.07, 6.45) is 2.57. The van der Waals surface area contributed by atoms with Crippen LogP contribution in [0.4, 0.5) is 4.39 Å². The number of hydrogen-bond acceptors (Lipinski definition) is 2. The highest BCUT2D eigenvalue weighted by atomic mass is 19.1. The van der Waals surface area contributed by atoms with Crippen molar-refractivity contribution in [3.05, 3.63) is 54.1 Å². The largest absolute Gasteiger partial charge is 0.330 e. The van der Waals surface area contributed by atoms with Crippen molar-refractivity contribution in [1.29, 1.82) is 0 Å². The van der Waals surface area contributed by atoms with E-state index in [0.29, 0.717) is 6.54 Å². The van der Waals surface area contributed by atoms with E-state index >= 15 is 0 Å². The first-order chi connectivity index (χ1) is 7.79. The first-order valence-corrected chi connectivity index (χ1v) is 5.20. The van der Waals surface area contributed by atoms with Crippen molar-refractivity contribution in [3.8, 4) is 11.1 Å². The van der Waals surface area contributed by atoms with E-state index in [2.05, 4.69) is 4.98 Å². The van der Waals surface area contributed by atoms with E-state index in [1.54, 1.807) is 18.3 Å². The van der Waals surface area contributed by atoms with Gasteiger partial charge in [-0.1, -0.05) is 18.2 Å². The normalized spacial score (nSPS) is 10.4. The highest BCUT2D eigenvalue weighted by molar-refractivity contribution is 5.62. The maximum Gasteiger partial charge on any atom is 0.123 e. The quantitative estimate of drug-likeness (QED) is 0.855. The van der Waals surface area contributed by atoms with Crippen LogP contribution in [-0.2, 0) is 6.42 Å². The molecule has 1 aromatic heterocycles. The molecule has 0 aliphatic rings. The van der Waals surface area contributed by atoms with Crippen LogP contribution in [0.5, 0.6) is 0 Å². The maximum absolute atomic E-state index is 12.7. The number of hydrogen-bond donors (Lipinski definition) is 1. The third-order valence-electron chi connectivity index (χ3n) is 2.40. The average molecular weight is 216 g/mol.